The van der Waals surface area contributed by atoms with Gasteiger partial charge in [0.1, 0.15) is 18.2 Å². The highest BCUT2D eigenvalue weighted by atomic mass is 19.1. The van der Waals surface area contributed by atoms with Gasteiger partial charge in [0.15, 0.2) is 0 Å². The Balaban J connectivity index is 1.64. The van der Waals surface area contributed by atoms with Crippen molar-refractivity contribution in [2.75, 3.05) is 19.7 Å². The van der Waals surface area contributed by atoms with Crippen molar-refractivity contribution >= 4 is 5.97 Å². The van der Waals surface area contributed by atoms with Crippen molar-refractivity contribution in [1.29, 1.82) is 0 Å². The molecule has 116 valence electrons. The van der Waals surface area contributed by atoms with Gasteiger partial charge in [-0.3, -0.25) is 4.79 Å². The molecule has 2 rings (SSSR count). The molecule has 4 nitrogen and oxygen atoms in total. The fourth-order valence-corrected chi connectivity index (χ4v) is 2.84. The molecule has 0 aromatic heterocycles. The molecule has 21 heavy (non-hydrogen) atoms. The second kappa shape index (κ2) is 7.98. The third-order valence-corrected chi connectivity index (χ3v) is 3.99. The average Bonchev–Trinajstić information content (AvgIpc) is 2.49. The summed E-state index contributed by atoms with van der Waals surface area (Å²) in [6, 6.07) is 5.92. The topological polar surface area (TPSA) is 58.6 Å². The standard InChI is InChI=1S/C16H22FNO3/c17-13-5-7-14(8-6-13)21-10-9-18-11-12-3-1-2-4-15(12)16(19)20/h5-8,12,15,18H,1-4,9-11H2,(H,19,20). The number of hydrogen-bond acceptors (Lipinski definition) is 3. The van der Waals surface area contributed by atoms with Gasteiger partial charge in [-0.2, -0.15) is 0 Å². The smallest absolute Gasteiger partial charge is 0.306 e. The fraction of sp³-hybridized carbons (Fsp3) is 0.562. The number of carboxylic acid groups (broad SMARTS) is 1. The highest BCUT2D eigenvalue weighted by molar-refractivity contribution is 5.70. The first kappa shape index (κ1) is 15.8. The average molecular weight is 295 g/mol. The molecule has 5 heteroatoms. The molecule has 0 heterocycles. The van der Waals surface area contributed by atoms with E-state index in [1.54, 1.807) is 12.1 Å². The Morgan fingerprint density at radius 2 is 2.00 bits per heavy atom. The molecule has 1 saturated carbocycles. The first-order valence-electron chi connectivity index (χ1n) is 7.48. The Morgan fingerprint density at radius 3 is 2.71 bits per heavy atom. The summed E-state index contributed by atoms with van der Waals surface area (Å²) in [4.78, 5) is 11.2. The Labute approximate surface area is 124 Å². The van der Waals surface area contributed by atoms with Crippen LogP contribution in [0.4, 0.5) is 4.39 Å². The summed E-state index contributed by atoms with van der Waals surface area (Å²) in [5.41, 5.74) is 0. The van der Waals surface area contributed by atoms with Crippen LogP contribution in [0.2, 0.25) is 0 Å². The first-order chi connectivity index (χ1) is 10.2. The lowest BCUT2D eigenvalue weighted by Crippen LogP contribution is -2.36. The Morgan fingerprint density at radius 1 is 1.29 bits per heavy atom. The van der Waals surface area contributed by atoms with Gasteiger partial charge >= 0.3 is 5.97 Å². The molecule has 0 amide bonds. The van der Waals surface area contributed by atoms with E-state index in [4.69, 9.17) is 4.74 Å². The largest absolute Gasteiger partial charge is 0.492 e. The third-order valence-electron chi connectivity index (χ3n) is 3.99. The number of carbonyl (C=O) groups is 1. The van der Waals surface area contributed by atoms with Crippen molar-refractivity contribution < 1.29 is 19.0 Å². The first-order valence-corrected chi connectivity index (χ1v) is 7.48. The fourth-order valence-electron chi connectivity index (χ4n) is 2.84. The zero-order valence-corrected chi connectivity index (χ0v) is 12.1. The predicted molar refractivity (Wildman–Crippen MR) is 77.8 cm³/mol. The zero-order valence-electron chi connectivity index (χ0n) is 12.1. The highest BCUT2D eigenvalue weighted by Gasteiger charge is 2.30. The molecular weight excluding hydrogens is 273 g/mol. The van der Waals surface area contributed by atoms with E-state index in [2.05, 4.69) is 5.32 Å². The molecule has 2 N–H and O–H groups in total. The van der Waals surface area contributed by atoms with Gasteiger partial charge in [-0.15, -0.1) is 0 Å². The van der Waals surface area contributed by atoms with Gasteiger partial charge in [0.2, 0.25) is 0 Å². The summed E-state index contributed by atoms with van der Waals surface area (Å²) in [5.74, 6) is -0.327. The number of carboxylic acids is 1. The highest BCUT2D eigenvalue weighted by Crippen LogP contribution is 2.29. The molecule has 1 aliphatic rings. The van der Waals surface area contributed by atoms with Crippen LogP contribution in [0.3, 0.4) is 0 Å². The minimum Gasteiger partial charge on any atom is -0.492 e. The molecule has 0 aliphatic heterocycles. The Kier molecular flexibility index (Phi) is 5.99. The van der Waals surface area contributed by atoms with Gasteiger partial charge in [0, 0.05) is 6.54 Å². The van der Waals surface area contributed by atoms with Crippen LogP contribution in [0.5, 0.6) is 5.75 Å². The molecule has 2 atom stereocenters. The lowest BCUT2D eigenvalue weighted by atomic mass is 9.79. The second-order valence-electron chi connectivity index (χ2n) is 5.50. The normalized spacial score (nSPS) is 22.0. The van der Waals surface area contributed by atoms with E-state index in [1.807, 2.05) is 0 Å². The number of rotatable bonds is 7. The van der Waals surface area contributed by atoms with Crippen LogP contribution in [0.25, 0.3) is 0 Å². The van der Waals surface area contributed by atoms with Crippen LogP contribution in [-0.4, -0.2) is 30.8 Å². The maximum absolute atomic E-state index is 12.7. The molecule has 0 spiro atoms. The molecule has 1 aliphatic carbocycles. The third kappa shape index (κ3) is 5.01. The summed E-state index contributed by atoms with van der Waals surface area (Å²) in [5, 5.41) is 12.5. The SMILES string of the molecule is O=C(O)C1CCCCC1CNCCOc1ccc(F)cc1. The van der Waals surface area contributed by atoms with Crippen molar-refractivity contribution in [3.63, 3.8) is 0 Å². The molecule has 2 unspecified atom stereocenters. The lowest BCUT2D eigenvalue weighted by Gasteiger charge is -2.28. The van der Waals surface area contributed by atoms with Crippen molar-refractivity contribution in [3.8, 4) is 5.75 Å². The van der Waals surface area contributed by atoms with E-state index >= 15 is 0 Å². The van der Waals surface area contributed by atoms with Crippen LogP contribution in [0.1, 0.15) is 25.7 Å². The number of hydrogen-bond donors (Lipinski definition) is 2. The number of halogens is 1. The minimum atomic E-state index is -0.677. The van der Waals surface area contributed by atoms with Crippen molar-refractivity contribution in [1.82, 2.24) is 5.32 Å². The van der Waals surface area contributed by atoms with Gasteiger partial charge in [-0.25, -0.2) is 4.39 Å². The predicted octanol–water partition coefficient (Wildman–Crippen LogP) is 2.69. The maximum Gasteiger partial charge on any atom is 0.306 e. The van der Waals surface area contributed by atoms with Crippen molar-refractivity contribution in [2.24, 2.45) is 11.8 Å². The van der Waals surface area contributed by atoms with Gasteiger partial charge in [-0.1, -0.05) is 12.8 Å². The number of aliphatic carboxylic acids is 1. The molecule has 1 aromatic rings. The number of nitrogens with one attached hydrogen (secondary N) is 1. The summed E-state index contributed by atoms with van der Waals surface area (Å²) in [7, 11) is 0. The van der Waals surface area contributed by atoms with E-state index in [0.29, 0.717) is 25.4 Å². The van der Waals surface area contributed by atoms with Gasteiger partial charge in [0.25, 0.3) is 0 Å². The van der Waals surface area contributed by atoms with Crippen LogP contribution in [-0.2, 0) is 4.79 Å². The number of benzene rings is 1. The monoisotopic (exact) mass is 295 g/mol. The summed E-state index contributed by atoms with van der Waals surface area (Å²) in [6.07, 6.45) is 3.89. The van der Waals surface area contributed by atoms with E-state index in [-0.39, 0.29) is 17.7 Å². The zero-order chi connectivity index (χ0) is 15.1. The molecule has 0 bridgehead atoms. The van der Waals surface area contributed by atoms with Crippen LogP contribution in [0.15, 0.2) is 24.3 Å². The quantitative estimate of drug-likeness (QED) is 0.759. The van der Waals surface area contributed by atoms with Gasteiger partial charge < -0.3 is 15.2 Å². The van der Waals surface area contributed by atoms with E-state index < -0.39 is 5.97 Å². The van der Waals surface area contributed by atoms with E-state index in [9.17, 15) is 14.3 Å². The van der Waals surface area contributed by atoms with Gasteiger partial charge in [0.05, 0.1) is 5.92 Å². The lowest BCUT2D eigenvalue weighted by molar-refractivity contribution is -0.144. The van der Waals surface area contributed by atoms with Crippen LogP contribution >= 0.6 is 0 Å². The van der Waals surface area contributed by atoms with E-state index in [1.165, 1.54) is 12.1 Å². The minimum absolute atomic E-state index is 0.210. The molecule has 0 radical (unpaired) electrons. The maximum atomic E-state index is 12.7. The summed E-state index contributed by atoms with van der Waals surface area (Å²) < 4.78 is 18.2. The van der Waals surface area contributed by atoms with Crippen molar-refractivity contribution in [2.45, 2.75) is 25.7 Å². The Bertz CT molecular complexity index is 449. The van der Waals surface area contributed by atoms with Crippen LogP contribution in [0, 0.1) is 17.7 Å². The molecule has 1 fully saturated rings. The molecular formula is C16H22FNO3. The van der Waals surface area contributed by atoms with Crippen LogP contribution < -0.4 is 10.1 Å². The summed E-state index contributed by atoms with van der Waals surface area (Å²) >= 11 is 0. The summed E-state index contributed by atoms with van der Waals surface area (Å²) in [6.45, 7) is 1.85. The molecule has 1 aromatic carbocycles. The van der Waals surface area contributed by atoms with Gasteiger partial charge in [-0.05, 0) is 49.6 Å². The van der Waals surface area contributed by atoms with E-state index in [0.717, 1.165) is 25.7 Å². The van der Waals surface area contributed by atoms with Crippen molar-refractivity contribution in [3.05, 3.63) is 30.1 Å². The molecule has 0 saturated heterocycles. The Hall–Kier alpha value is -1.62. The second-order valence-corrected chi connectivity index (χ2v) is 5.50. The number of ether oxygens (including phenoxy) is 1.